The van der Waals surface area contributed by atoms with Crippen molar-refractivity contribution >= 4 is 40.0 Å². The topological polar surface area (TPSA) is 104 Å². The van der Waals surface area contributed by atoms with Crippen molar-refractivity contribution in [3.8, 4) is 5.69 Å². The molecule has 164 valence electrons. The minimum atomic E-state index is -0.166. The van der Waals surface area contributed by atoms with Gasteiger partial charge in [0.25, 0.3) is 5.56 Å². The largest absolute Gasteiger partial charge is 0.399 e. The van der Waals surface area contributed by atoms with Crippen molar-refractivity contribution in [1.29, 1.82) is 0 Å². The molecule has 9 heteroatoms. The van der Waals surface area contributed by atoms with Crippen LogP contribution in [0.15, 0.2) is 77.9 Å². The van der Waals surface area contributed by atoms with Crippen LogP contribution in [0, 0.1) is 0 Å². The van der Waals surface area contributed by atoms with Crippen molar-refractivity contribution in [3.63, 3.8) is 0 Å². The number of halogens is 1. The normalized spacial score (nSPS) is 11.1. The van der Waals surface area contributed by atoms with E-state index in [0.29, 0.717) is 45.8 Å². The Labute approximate surface area is 194 Å². The van der Waals surface area contributed by atoms with Crippen LogP contribution in [0.3, 0.4) is 0 Å². The van der Waals surface area contributed by atoms with E-state index in [1.807, 2.05) is 48.5 Å². The highest BCUT2D eigenvalue weighted by molar-refractivity contribution is 6.32. The summed E-state index contributed by atoms with van der Waals surface area (Å²) in [7, 11) is 1.77. The molecule has 0 bridgehead atoms. The molecule has 0 unspecified atom stereocenters. The van der Waals surface area contributed by atoms with Gasteiger partial charge in [-0.3, -0.25) is 14.0 Å². The molecule has 3 aromatic heterocycles. The van der Waals surface area contributed by atoms with Crippen LogP contribution in [-0.2, 0) is 13.5 Å². The first-order valence-electron chi connectivity index (χ1n) is 10.3. The average Bonchev–Trinajstić information content (AvgIpc) is 3.11. The SMILES string of the molecule is Cn1cc(Nc2ncc3cc(Cc4ccccc4)c(=O)n(-c4cccc(N)c4)c3n2)c(Cl)n1. The minimum absolute atomic E-state index is 0.166. The van der Waals surface area contributed by atoms with Gasteiger partial charge >= 0.3 is 0 Å². The second-order valence-electron chi connectivity index (χ2n) is 7.67. The molecule has 0 spiro atoms. The molecule has 0 aliphatic rings. The lowest BCUT2D eigenvalue weighted by atomic mass is 10.1. The van der Waals surface area contributed by atoms with Crippen LogP contribution in [0.25, 0.3) is 16.7 Å². The van der Waals surface area contributed by atoms with Crippen molar-refractivity contribution in [2.45, 2.75) is 6.42 Å². The first kappa shape index (κ1) is 20.7. The van der Waals surface area contributed by atoms with Gasteiger partial charge in [-0.2, -0.15) is 10.1 Å². The minimum Gasteiger partial charge on any atom is -0.399 e. The highest BCUT2D eigenvalue weighted by atomic mass is 35.5. The van der Waals surface area contributed by atoms with Crippen LogP contribution in [0.1, 0.15) is 11.1 Å². The first-order chi connectivity index (χ1) is 16.0. The number of nitrogens with two attached hydrogens (primary N) is 1. The standard InChI is InChI=1S/C24H20ClN7O/c1-31-14-20(21(25)30-31)28-24-27-13-17-11-16(10-15-6-3-2-4-7-15)23(33)32(22(17)29-24)19-9-5-8-18(26)12-19/h2-9,11-14H,10,26H2,1H3,(H,27,28,29). The number of nitrogens with zero attached hydrogens (tertiary/aromatic N) is 5. The molecule has 0 atom stereocenters. The number of anilines is 3. The van der Waals surface area contributed by atoms with Crippen molar-refractivity contribution in [1.82, 2.24) is 24.3 Å². The van der Waals surface area contributed by atoms with Crippen molar-refractivity contribution in [3.05, 3.63) is 99.7 Å². The molecule has 8 nitrogen and oxygen atoms in total. The monoisotopic (exact) mass is 457 g/mol. The molecule has 3 heterocycles. The van der Waals surface area contributed by atoms with Crippen molar-refractivity contribution in [2.24, 2.45) is 7.05 Å². The van der Waals surface area contributed by atoms with Gasteiger partial charge in [0.15, 0.2) is 10.8 Å². The van der Waals surface area contributed by atoms with E-state index in [2.05, 4.69) is 20.4 Å². The Bertz CT molecular complexity index is 1530. The number of nitrogens with one attached hydrogen (secondary N) is 1. The van der Waals surface area contributed by atoms with Gasteiger partial charge in [0.2, 0.25) is 5.95 Å². The van der Waals surface area contributed by atoms with Gasteiger partial charge in [0.05, 0.1) is 11.4 Å². The highest BCUT2D eigenvalue weighted by Crippen LogP contribution is 2.24. The van der Waals surface area contributed by atoms with Crippen LogP contribution in [0.5, 0.6) is 0 Å². The molecule has 0 saturated heterocycles. The van der Waals surface area contributed by atoms with Gasteiger partial charge in [-0.1, -0.05) is 48.0 Å². The van der Waals surface area contributed by atoms with Gasteiger partial charge in [-0.25, -0.2) is 4.98 Å². The molecule has 2 aromatic carbocycles. The predicted octanol–water partition coefficient (Wildman–Crippen LogP) is 4.08. The Morgan fingerprint density at radius 2 is 1.91 bits per heavy atom. The van der Waals surface area contributed by atoms with Gasteiger partial charge < -0.3 is 11.1 Å². The van der Waals surface area contributed by atoms with E-state index >= 15 is 0 Å². The number of fused-ring (bicyclic) bond motifs is 1. The summed E-state index contributed by atoms with van der Waals surface area (Å²) in [6.07, 6.45) is 3.90. The Balaban J connectivity index is 1.69. The number of aryl methyl sites for hydroxylation is 1. The maximum Gasteiger partial charge on any atom is 0.260 e. The second kappa shape index (κ2) is 8.40. The molecule has 0 aliphatic heterocycles. The maximum atomic E-state index is 13.6. The zero-order valence-corrected chi connectivity index (χ0v) is 18.5. The van der Waals surface area contributed by atoms with Crippen LogP contribution in [0.2, 0.25) is 5.15 Å². The number of nitrogen functional groups attached to an aromatic ring is 1. The third-order valence-electron chi connectivity index (χ3n) is 5.21. The van der Waals surface area contributed by atoms with E-state index in [4.69, 9.17) is 17.3 Å². The zero-order valence-electron chi connectivity index (χ0n) is 17.7. The number of hydrogen-bond acceptors (Lipinski definition) is 6. The molecular formula is C24H20ClN7O. The summed E-state index contributed by atoms with van der Waals surface area (Å²) in [6, 6.07) is 18.9. The molecule has 0 saturated carbocycles. The summed E-state index contributed by atoms with van der Waals surface area (Å²) in [5, 5.41) is 8.20. The Morgan fingerprint density at radius 1 is 1.09 bits per heavy atom. The Hall–Kier alpha value is -4.17. The van der Waals surface area contributed by atoms with E-state index < -0.39 is 0 Å². The number of pyridine rings is 1. The van der Waals surface area contributed by atoms with Crippen molar-refractivity contribution in [2.75, 3.05) is 11.1 Å². The smallest absolute Gasteiger partial charge is 0.260 e. The van der Waals surface area contributed by atoms with E-state index in [9.17, 15) is 4.79 Å². The van der Waals surface area contributed by atoms with Crippen LogP contribution in [-0.4, -0.2) is 24.3 Å². The lowest BCUT2D eigenvalue weighted by molar-refractivity contribution is 0.768. The molecule has 33 heavy (non-hydrogen) atoms. The molecule has 0 amide bonds. The number of benzene rings is 2. The van der Waals surface area contributed by atoms with Crippen LogP contribution < -0.4 is 16.6 Å². The van der Waals surface area contributed by atoms with Gasteiger partial charge in [-0.05, 0) is 29.8 Å². The van der Waals surface area contributed by atoms with Crippen LogP contribution in [0.4, 0.5) is 17.3 Å². The van der Waals surface area contributed by atoms with Gasteiger partial charge in [0.1, 0.15) is 0 Å². The maximum absolute atomic E-state index is 13.6. The molecule has 5 aromatic rings. The van der Waals surface area contributed by atoms with E-state index in [1.54, 1.807) is 40.8 Å². The Kier molecular flexibility index (Phi) is 5.27. The summed E-state index contributed by atoms with van der Waals surface area (Å²) in [6.45, 7) is 0. The fraction of sp³-hybridized carbons (Fsp3) is 0.0833. The fourth-order valence-electron chi connectivity index (χ4n) is 3.72. The second-order valence-corrected chi connectivity index (χ2v) is 8.03. The molecule has 0 fully saturated rings. The fourth-order valence-corrected chi connectivity index (χ4v) is 3.94. The van der Waals surface area contributed by atoms with E-state index in [-0.39, 0.29) is 5.56 Å². The first-order valence-corrected chi connectivity index (χ1v) is 10.6. The lowest BCUT2D eigenvalue weighted by Gasteiger charge is -2.14. The van der Waals surface area contributed by atoms with E-state index in [0.717, 1.165) is 10.9 Å². The summed E-state index contributed by atoms with van der Waals surface area (Å²) in [5.74, 6) is 0.297. The molecule has 3 N–H and O–H groups in total. The summed E-state index contributed by atoms with van der Waals surface area (Å²) < 4.78 is 3.16. The zero-order chi connectivity index (χ0) is 22.9. The molecular weight excluding hydrogens is 438 g/mol. The van der Waals surface area contributed by atoms with Gasteiger partial charge in [-0.15, -0.1) is 0 Å². The van der Waals surface area contributed by atoms with Gasteiger partial charge in [0, 0.05) is 42.5 Å². The van der Waals surface area contributed by atoms with Crippen molar-refractivity contribution < 1.29 is 0 Å². The van der Waals surface area contributed by atoms with E-state index in [1.165, 1.54) is 0 Å². The van der Waals surface area contributed by atoms with Crippen LogP contribution >= 0.6 is 11.6 Å². The summed E-state index contributed by atoms with van der Waals surface area (Å²) >= 11 is 6.16. The lowest BCUT2D eigenvalue weighted by Crippen LogP contribution is -2.24. The Morgan fingerprint density at radius 3 is 2.64 bits per heavy atom. The molecule has 0 aliphatic carbocycles. The number of aromatic nitrogens is 5. The number of hydrogen-bond donors (Lipinski definition) is 2. The highest BCUT2D eigenvalue weighted by Gasteiger charge is 2.15. The average molecular weight is 458 g/mol. The predicted molar refractivity (Wildman–Crippen MR) is 130 cm³/mol. The third kappa shape index (κ3) is 4.16. The quantitative estimate of drug-likeness (QED) is 0.385. The molecule has 5 rings (SSSR count). The molecule has 0 radical (unpaired) electrons. The third-order valence-corrected chi connectivity index (χ3v) is 5.49. The summed E-state index contributed by atoms with van der Waals surface area (Å²) in [5.41, 5.74) is 9.73. The summed E-state index contributed by atoms with van der Waals surface area (Å²) in [4.78, 5) is 22.7. The number of rotatable bonds is 5.